The number of fused-ring (bicyclic) bond motifs is 1. The minimum atomic E-state index is -0.384. The third-order valence-corrected chi connectivity index (χ3v) is 4.12. The largest absolute Gasteiger partial charge is 0.460 e. The predicted molar refractivity (Wildman–Crippen MR) is 94.6 cm³/mol. The van der Waals surface area contributed by atoms with E-state index in [1.165, 1.54) is 0 Å². The van der Waals surface area contributed by atoms with Crippen LogP contribution in [-0.2, 0) is 4.79 Å². The first-order valence-electron chi connectivity index (χ1n) is 7.95. The van der Waals surface area contributed by atoms with Crippen molar-refractivity contribution in [1.82, 2.24) is 14.8 Å². The van der Waals surface area contributed by atoms with E-state index in [2.05, 4.69) is 15.5 Å². The Kier molecular flexibility index (Phi) is 3.78. The Bertz CT molecular complexity index is 971. The second-order valence-corrected chi connectivity index (χ2v) is 5.81. The van der Waals surface area contributed by atoms with Crippen LogP contribution in [0.1, 0.15) is 18.6 Å². The Morgan fingerprint density at radius 3 is 2.52 bits per heavy atom. The Labute approximate surface area is 144 Å². The van der Waals surface area contributed by atoms with Gasteiger partial charge in [0.1, 0.15) is 24.0 Å². The van der Waals surface area contributed by atoms with E-state index in [1.807, 2.05) is 61.5 Å². The fourth-order valence-corrected chi connectivity index (χ4v) is 2.65. The van der Waals surface area contributed by atoms with Gasteiger partial charge in [-0.25, -0.2) is 0 Å². The molecule has 124 valence electrons. The van der Waals surface area contributed by atoms with Crippen LogP contribution in [0.15, 0.2) is 71.7 Å². The average molecular weight is 332 g/mol. The molecule has 0 spiro atoms. The molecule has 6 heteroatoms. The fourth-order valence-electron chi connectivity index (χ4n) is 2.65. The monoisotopic (exact) mass is 332 g/mol. The summed E-state index contributed by atoms with van der Waals surface area (Å²) in [5.41, 5.74) is 2.44. The maximum atomic E-state index is 12.5. The van der Waals surface area contributed by atoms with Gasteiger partial charge in [-0.3, -0.25) is 9.36 Å². The van der Waals surface area contributed by atoms with E-state index in [0.29, 0.717) is 5.76 Å². The molecule has 6 nitrogen and oxygen atoms in total. The highest BCUT2D eigenvalue weighted by atomic mass is 16.3. The maximum absolute atomic E-state index is 12.5. The van der Waals surface area contributed by atoms with E-state index in [4.69, 9.17) is 4.42 Å². The number of furan rings is 1. The van der Waals surface area contributed by atoms with Crippen molar-refractivity contribution in [1.29, 1.82) is 0 Å². The SMILES string of the molecule is CC(C(=O)Nc1ccc(-n2cnnc2)cc1)c1cc2ccccc2o1. The molecule has 2 aromatic heterocycles. The number of rotatable bonds is 4. The highest BCUT2D eigenvalue weighted by molar-refractivity contribution is 5.96. The number of nitrogens with one attached hydrogen (secondary N) is 1. The molecule has 1 N–H and O–H groups in total. The van der Waals surface area contributed by atoms with Gasteiger partial charge in [-0.2, -0.15) is 0 Å². The molecule has 0 aliphatic heterocycles. The van der Waals surface area contributed by atoms with Gasteiger partial charge in [-0.05, 0) is 43.3 Å². The van der Waals surface area contributed by atoms with E-state index in [-0.39, 0.29) is 11.8 Å². The van der Waals surface area contributed by atoms with E-state index < -0.39 is 0 Å². The van der Waals surface area contributed by atoms with E-state index in [0.717, 1.165) is 22.3 Å². The van der Waals surface area contributed by atoms with Crippen LogP contribution in [0.5, 0.6) is 0 Å². The number of nitrogens with zero attached hydrogens (tertiary/aromatic N) is 3. The third-order valence-electron chi connectivity index (χ3n) is 4.12. The quantitative estimate of drug-likeness (QED) is 0.617. The van der Waals surface area contributed by atoms with Gasteiger partial charge in [-0.15, -0.1) is 10.2 Å². The van der Waals surface area contributed by atoms with Crippen LogP contribution < -0.4 is 5.32 Å². The van der Waals surface area contributed by atoms with Crippen molar-refractivity contribution in [3.63, 3.8) is 0 Å². The zero-order valence-electron chi connectivity index (χ0n) is 13.6. The fraction of sp³-hybridized carbons (Fsp3) is 0.105. The topological polar surface area (TPSA) is 73.0 Å². The van der Waals surface area contributed by atoms with Crippen molar-refractivity contribution in [2.75, 3.05) is 5.32 Å². The molecule has 0 saturated heterocycles. The van der Waals surface area contributed by atoms with Gasteiger partial charge in [0.2, 0.25) is 5.91 Å². The number of amides is 1. The number of hydrogen-bond acceptors (Lipinski definition) is 4. The maximum Gasteiger partial charge on any atom is 0.234 e. The standard InChI is InChI=1S/C19H16N4O2/c1-13(18-10-14-4-2-3-5-17(14)25-18)19(24)22-15-6-8-16(9-7-15)23-11-20-21-12-23/h2-13H,1H3,(H,22,24). The van der Waals surface area contributed by atoms with Crippen molar-refractivity contribution in [3.05, 3.63) is 73.0 Å². The van der Waals surface area contributed by atoms with E-state index in [1.54, 1.807) is 17.2 Å². The number of hydrogen-bond donors (Lipinski definition) is 1. The van der Waals surface area contributed by atoms with Crippen molar-refractivity contribution >= 4 is 22.6 Å². The molecule has 0 aliphatic rings. The van der Waals surface area contributed by atoms with Gasteiger partial charge < -0.3 is 9.73 Å². The lowest BCUT2D eigenvalue weighted by Crippen LogP contribution is -2.18. The zero-order chi connectivity index (χ0) is 17.2. The molecule has 1 atom stereocenters. The summed E-state index contributed by atoms with van der Waals surface area (Å²) in [4.78, 5) is 12.5. The molecule has 4 aromatic rings. The summed E-state index contributed by atoms with van der Waals surface area (Å²) in [6, 6.07) is 17.1. The van der Waals surface area contributed by atoms with Crippen LogP contribution in [-0.4, -0.2) is 20.7 Å². The van der Waals surface area contributed by atoms with Gasteiger partial charge in [0, 0.05) is 16.8 Å². The van der Waals surface area contributed by atoms with Crippen LogP contribution in [0.2, 0.25) is 0 Å². The normalized spacial score (nSPS) is 12.2. The molecular formula is C19H16N4O2. The van der Waals surface area contributed by atoms with Crippen LogP contribution in [0.3, 0.4) is 0 Å². The van der Waals surface area contributed by atoms with E-state index >= 15 is 0 Å². The molecule has 0 saturated carbocycles. The molecule has 2 aromatic carbocycles. The van der Waals surface area contributed by atoms with Crippen LogP contribution in [0.25, 0.3) is 16.7 Å². The molecule has 4 rings (SSSR count). The second-order valence-electron chi connectivity index (χ2n) is 5.81. The Balaban J connectivity index is 1.49. The summed E-state index contributed by atoms with van der Waals surface area (Å²) in [6.45, 7) is 1.83. The van der Waals surface area contributed by atoms with Crippen molar-refractivity contribution in [3.8, 4) is 5.69 Å². The molecule has 0 aliphatic carbocycles. The van der Waals surface area contributed by atoms with Gasteiger partial charge in [0.05, 0.1) is 5.92 Å². The van der Waals surface area contributed by atoms with Crippen LogP contribution in [0, 0.1) is 0 Å². The number of aromatic nitrogens is 3. The smallest absolute Gasteiger partial charge is 0.234 e. The van der Waals surface area contributed by atoms with Crippen LogP contribution in [0.4, 0.5) is 5.69 Å². The van der Waals surface area contributed by atoms with Crippen molar-refractivity contribution in [2.45, 2.75) is 12.8 Å². The van der Waals surface area contributed by atoms with Crippen LogP contribution >= 0.6 is 0 Å². The minimum Gasteiger partial charge on any atom is -0.460 e. The molecule has 1 amide bonds. The predicted octanol–water partition coefficient (Wildman–Crippen LogP) is 3.76. The Morgan fingerprint density at radius 1 is 1.08 bits per heavy atom. The summed E-state index contributed by atoms with van der Waals surface area (Å²) in [7, 11) is 0. The lowest BCUT2D eigenvalue weighted by molar-refractivity contribution is -0.117. The highest BCUT2D eigenvalue weighted by Gasteiger charge is 2.19. The number of carbonyl (C=O) groups is 1. The van der Waals surface area contributed by atoms with Crippen molar-refractivity contribution < 1.29 is 9.21 Å². The zero-order valence-corrected chi connectivity index (χ0v) is 13.6. The number of carbonyl (C=O) groups excluding carboxylic acids is 1. The first kappa shape index (κ1) is 15.1. The second kappa shape index (κ2) is 6.24. The molecule has 2 heterocycles. The molecular weight excluding hydrogens is 316 g/mol. The third kappa shape index (κ3) is 3.01. The van der Waals surface area contributed by atoms with Gasteiger partial charge in [0.25, 0.3) is 0 Å². The average Bonchev–Trinajstić information content (AvgIpc) is 3.31. The molecule has 0 bridgehead atoms. The summed E-state index contributed by atoms with van der Waals surface area (Å²) >= 11 is 0. The minimum absolute atomic E-state index is 0.115. The Hall–Kier alpha value is -3.41. The Morgan fingerprint density at radius 2 is 1.80 bits per heavy atom. The molecule has 1 unspecified atom stereocenters. The molecule has 0 radical (unpaired) electrons. The highest BCUT2D eigenvalue weighted by Crippen LogP contribution is 2.26. The first-order chi connectivity index (χ1) is 12.2. The molecule has 0 fully saturated rings. The van der Waals surface area contributed by atoms with Gasteiger partial charge in [-0.1, -0.05) is 18.2 Å². The summed E-state index contributed by atoms with van der Waals surface area (Å²) in [6.07, 6.45) is 3.24. The number of para-hydroxylation sites is 1. The summed E-state index contributed by atoms with van der Waals surface area (Å²) in [5, 5.41) is 11.5. The number of anilines is 1. The molecule has 25 heavy (non-hydrogen) atoms. The van der Waals surface area contributed by atoms with Crippen molar-refractivity contribution in [2.24, 2.45) is 0 Å². The summed E-state index contributed by atoms with van der Waals surface area (Å²) in [5.74, 6) is 0.154. The van der Waals surface area contributed by atoms with Gasteiger partial charge >= 0.3 is 0 Å². The van der Waals surface area contributed by atoms with Gasteiger partial charge in [0.15, 0.2) is 0 Å². The summed E-state index contributed by atoms with van der Waals surface area (Å²) < 4.78 is 7.57. The lowest BCUT2D eigenvalue weighted by Gasteiger charge is -2.10. The van der Waals surface area contributed by atoms with E-state index in [9.17, 15) is 4.79 Å². The lowest BCUT2D eigenvalue weighted by atomic mass is 10.1. The first-order valence-corrected chi connectivity index (χ1v) is 7.95. The number of benzene rings is 2.